The Morgan fingerprint density at radius 1 is 1.00 bits per heavy atom. The number of likely N-dealkylation sites (tertiary alicyclic amines) is 1. The van der Waals surface area contributed by atoms with Crippen LogP contribution in [-0.2, 0) is 16.1 Å². The van der Waals surface area contributed by atoms with Crippen LogP contribution < -0.4 is 5.32 Å². The molecule has 1 fully saturated rings. The molecule has 0 bridgehead atoms. The number of piperidine rings is 1. The van der Waals surface area contributed by atoms with Crippen molar-refractivity contribution in [3.8, 4) is 0 Å². The summed E-state index contributed by atoms with van der Waals surface area (Å²) < 4.78 is 2.01. The number of nitrogens with zero attached hydrogens (tertiary/aromatic N) is 2. The first-order valence-corrected chi connectivity index (χ1v) is 10.2. The molecule has 3 heterocycles. The lowest BCUT2D eigenvalue weighted by Gasteiger charge is -2.27. The third-order valence-electron chi connectivity index (χ3n) is 5.84. The third-order valence-corrected chi connectivity index (χ3v) is 5.84. The number of fused-ring (bicyclic) bond motifs is 2. The molecule has 0 radical (unpaired) electrons. The largest absolute Gasteiger partial charge is 0.341 e. The Labute approximate surface area is 169 Å². The Morgan fingerprint density at radius 2 is 1.76 bits per heavy atom. The summed E-state index contributed by atoms with van der Waals surface area (Å²) in [5.74, 6) is 0.0704. The van der Waals surface area contributed by atoms with Crippen LogP contribution in [0.1, 0.15) is 30.4 Å². The van der Waals surface area contributed by atoms with Gasteiger partial charge in [0.25, 0.3) is 5.91 Å². The molecule has 5 heteroatoms. The van der Waals surface area contributed by atoms with Gasteiger partial charge in [-0.3, -0.25) is 9.59 Å². The van der Waals surface area contributed by atoms with Gasteiger partial charge in [-0.05, 0) is 37.5 Å². The van der Waals surface area contributed by atoms with Gasteiger partial charge in [-0.2, -0.15) is 0 Å². The first kappa shape index (κ1) is 17.7. The predicted molar refractivity (Wildman–Crippen MR) is 115 cm³/mol. The highest BCUT2D eigenvalue weighted by atomic mass is 16.2. The second kappa shape index (κ2) is 7.24. The van der Waals surface area contributed by atoms with E-state index in [-0.39, 0.29) is 11.8 Å². The van der Waals surface area contributed by atoms with Gasteiger partial charge in [0.1, 0.15) is 6.54 Å². The molecular weight excluding hydrogens is 362 g/mol. The van der Waals surface area contributed by atoms with Gasteiger partial charge in [0.15, 0.2) is 0 Å². The second-order valence-electron chi connectivity index (χ2n) is 7.73. The minimum absolute atomic E-state index is 0.0903. The molecule has 5 nitrogen and oxygen atoms in total. The van der Waals surface area contributed by atoms with E-state index in [2.05, 4.69) is 5.32 Å². The lowest BCUT2D eigenvalue weighted by atomic mass is 10.0. The molecule has 0 saturated carbocycles. The highest BCUT2D eigenvalue weighted by Gasteiger charge is 2.24. The average molecular weight is 385 g/mol. The van der Waals surface area contributed by atoms with Gasteiger partial charge in [-0.1, -0.05) is 36.4 Å². The zero-order valence-corrected chi connectivity index (χ0v) is 16.2. The van der Waals surface area contributed by atoms with Crippen molar-refractivity contribution in [3.05, 3.63) is 65.9 Å². The van der Waals surface area contributed by atoms with Gasteiger partial charge < -0.3 is 14.8 Å². The molecule has 2 aliphatic heterocycles. The van der Waals surface area contributed by atoms with E-state index in [1.165, 1.54) is 6.42 Å². The summed E-state index contributed by atoms with van der Waals surface area (Å²) in [6, 6.07) is 15.8. The summed E-state index contributed by atoms with van der Waals surface area (Å²) in [6.07, 6.45) is 7.31. The van der Waals surface area contributed by atoms with E-state index in [1.54, 1.807) is 0 Å². The zero-order chi connectivity index (χ0) is 19.8. The smallest absolute Gasteiger partial charge is 0.256 e. The van der Waals surface area contributed by atoms with Gasteiger partial charge in [0.05, 0.1) is 0 Å². The molecule has 2 amide bonds. The van der Waals surface area contributed by atoms with E-state index in [0.29, 0.717) is 12.1 Å². The maximum atomic E-state index is 12.8. The summed E-state index contributed by atoms with van der Waals surface area (Å²) in [4.78, 5) is 27.3. The molecule has 0 spiro atoms. The Morgan fingerprint density at radius 3 is 2.62 bits per heavy atom. The van der Waals surface area contributed by atoms with E-state index in [1.807, 2.05) is 70.3 Å². The third kappa shape index (κ3) is 3.23. The molecule has 146 valence electrons. The fourth-order valence-electron chi connectivity index (χ4n) is 4.35. The van der Waals surface area contributed by atoms with E-state index in [4.69, 9.17) is 0 Å². The fourth-order valence-corrected chi connectivity index (χ4v) is 4.35. The maximum Gasteiger partial charge on any atom is 0.256 e. The fraction of sp³-hybridized carbons (Fsp3) is 0.250. The molecule has 1 aromatic heterocycles. The first-order chi connectivity index (χ1) is 14.2. The lowest BCUT2D eigenvalue weighted by molar-refractivity contribution is -0.132. The standard InChI is InChI=1S/C24H23N3O2/c28-23(26-12-6-1-7-13-26)16-27-15-17(18-8-3-5-11-22(18)27)14-20-19-9-2-4-10-21(19)25-24(20)29/h2-5,8-11,14-15H,1,6-7,12-13,16H2,(H,25,29). The van der Waals surface area contributed by atoms with E-state index < -0.39 is 0 Å². The molecular formula is C24H23N3O2. The van der Waals surface area contributed by atoms with Crippen LogP contribution in [0.25, 0.3) is 22.6 Å². The number of rotatable bonds is 3. The van der Waals surface area contributed by atoms with E-state index >= 15 is 0 Å². The van der Waals surface area contributed by atoms with Crippen LogP contribution in [0.3, 0.4) is 0 Å². The number of anilines is 1. The van der Waals surface area contributed by atoms with Crippen molar-refractivity contribution in [2.24, 2.45) is 0 Å². The highest BCUT2D eigenvalue weighted by molar-refractivity contribution is 6.35. The number of amides is 2. The van der Waals surface area contributed by atoms with Crippen molar-refractivity contribution >= 4 is 40.1 Å². The van der Waals surface area contributed by atoms with Crippen LogP contribution in [0.2, 0.25) is 0 Å². The van der Waals surface area contributed by atoms with Gasteiger partial charge in [-0.15, -0.1) is 0 Å². The van der Waals surface area contributed by atoms with Crippen LogP contribution in [0.5, 0.6) is 0 Å². The minimum Gasteiger partial charge on any atom is -0.341 e. The SMILES string of the molecule is O=C1Nc2ccccc2C1=Cc1cn(CC(=O)N2CCCCC2)c2ccccc12. The minimum atomic E-state index is -0.0903. The Kier molecular flexibility index (Phi) is 4.43. The number of hydrogen-bond donors (Lipinski definition) is 1. The van der Waals surface area contributed by atoms with Gasteiger partial charge in [0.2, 0.25) is 5.91 Å². The predicted octanol–water partition coefficient (Wildman–Crippen LogP) is 4.15. The Bertz CT molecular complexity index is 1140. The van der Waals surface area contributed by atoms with Crippen molar-refractivity contribution in [2.45, 2.75) is 25.8 Å². The number of aromatic nitrogens is 1. The summed E-state index contributed by atoms with van der Waals surface area (Å²) in [7, 11) is 0. The summed E-state index contributed by atoms with van der Waals surface area (Å²) in [5, 5.41) is 3.97. The number of para-hydroxylation sites is 2. The molecule has 3 aromatic rings. The summed E-state index contributed by atoms with van der Waals surface area (Å²) in [6.45, 7) is 2.03. The summed E-state index contributed by atoms with van der Waals surface area (Å²) >= 11 is 0. The van der Waals surface area contributed by atoms with Gasteiger partial charge in [0, 0.05) is 52.6 Å². The number of nitrogens with one attached hydrogen (secondary N) is 1. The van der Waals surface area contributed by atoms with Crippen LogP contribution in [-0.4, -0.2) is 34.4 Å². The average Bonchev–Trinajstić information content (AvgIpc) is 3.26. The summed E-state index contributed by atoms with van der Waals surface area (Å²) in [5.41, 5.74) is 4.38. The monoisotopic (exact) mass is 385 g/mol. The molecule has 0 atom stereocenters. The Balaban J connectivity index is 1.53. The zero-order valence-electron chi connectivity index (χ0n) is 16.2. The van der Waals surface area contributed by atoms with E-state index in [0.717, 1.165) is 53.6 Å². The normalized spacial score (nSPS) is 17.6. The number of carbonyl (C=O) groups excluding carboxylic acids is 2. The molecule has 29 heavy (non-hydrogen) atoms. The molecule has 1 N–H and O–H groups in total. The maximum absolute atomic E-state index is 12.8. The molecule has 5 rings (SSSR count). The highest BCUT2D eigenvalue weighted by Crippen LogP contribution is 2.34. The molecule has 1 saturated heterocycles. The van der Waals surface area contributed by atoms with Crippen molar-refractivity contribution in [1.29, 1.82) is 0 Å². The van der Waals surface area contributed by atoms with Crippen molar-refractivity contribution < 1.29 is 9.59 Å². The Hall–Kier alpha value is -3.34. The number of carbonyl (C=O) groups is 2. The van der Waals surface area contributed by atoms with Crippen molar-refractivity contribution in [1.82, 2.24) is 9.47 Å². The molecule has 0 unspecified atom stereocenters. The van der Waals surface area contributed by atoms with Crippen LogP contribution in [0, 0.1) is 0 Å². The van der Waals surface area contributed by atoms with E-state index in [9.17, 15) is 9.59 Å². The number of hydrogen-bond acceptors (Lipinski definition) is 2. The van der Waals surface area contributed by atoms with Crippen molar-refractivity contribution in [3.63, 3.8) is 0 Å². The molecule has 2 aliphatic rings. The topological polar surface area (TPSA) is 54.3 Å². The molecule has 2 aromatic carbocycles. The number of benzene rings is 2. The lowest BCUT2D eigenvalue weighted by Crippen LogP contribution is -2.37. The quantitative estimate of drug-likeness (QED) is 0.689. The first-order valence-electron chi connectivity index (χ1n) is 10.2. The van der Waals surface area contributed by atoms with Gasteiger partial charge >= 0.3 is 0 Å². The second-order valence-corrected chi connectivity index (χ2v) is 7.73. The van der Waals surface area contributed by atoms with Crippen LogP contribution in [0.4, 0.5) is 5.69 Å². The van der Waals surface area contributed by atoms with Crippen molar-refractivity contribution in [2.75, 3.05) is 18.4 Å². The van der Waals surface area contributed by atoms with Gasteiger partial charge in [-0.25, -0.2) is 0 Å². The molecule has 0 aliphatic carbocycles. The van der Waals surface area contributed by atoms with Crippen LogP contribution >= 0.6 is 0 Å². The van der Waals surface area contributed by atoms with Crippen LogP contribution in [0.15, 0.2) is 54.7 Å².